The molecule has 1 saturated heterocycles. The van der Waals surface area contributed by atoms with Crippen LogP contribution in [-0.2, 0) is 51.7 Å². The zero-order chi connectivity index (χ0) is 25.9. The normalized spacial score (nSPS) is 24.4. The number of carbonyl (C=O) groups is 4. The van der Waals surface area contributed by atoms with Gasteiger partial charge < -0.3 is 24.3 Å². The van der Waals surface area contributed by atoms with E-state index in [2.05, 4.69) is 18.5 Å². The highest BCUT2D eigenvalue weighted by atomic mass is 32.7. The molecule has 0 aromatic heterocycles. The van der Waals surface area contributed by atoms with E-state index in [1.165, 1.54) is 26.0 Å². The topological polar surface area (TPSA) is 153 Å². The molecule has 0 aliphatic carbocycles. The molecule has 192 valence electrons. The molecule has 1 aliphatic rings. The van der Waals surface area contributed by atoms with Gasteiger partial charge in [0.05, 0.1) is 13.2 Å². The van der Waals surface area contributed by atoms with Gasteiger partial charge in [-0.05, 0) is 11.4 Å². The van der Waals surface area contributed by atoms with Crippen molar-refractivity contribution in [1.29, 1.82) is 0 Å². The first-order valence-electron chi connectivity index (χ1n) is 10.1. The Hall–Kier alpha value is -2.18. The van der Waals surface area contributed by atoms with E-state index in [4.69, 9.17) is 28.0 Å². The van der Waals surface area contributed by atoms with Crippen molar-refractivity contribution in [3.63, 3.8) is 0 Å². The summed E-state index contributed by atoms with van der Waals surface area (Å²) in [6, 6.07) is -1.16. The van der Waals surface area contributed by atoms with Crippen LogP contribution >= 0.6 is 18.2 Å². The van der Waals surface area contributed by atoms with E-state index in [1.807, 2.05) is 0 Å². The average molecular weight is 523 g/mol. The third-order valence-electron chi connectivity index (χ3n) is 4.01. The van der Waals surface area contributed by atoms with E-state index >= 15 is 0 Å². The fraction of sp³-hybridized carbons (Fsp3) is 0.600. The fourth-order valence-electron chi connectivity index (χ4n) is 2.89. The minimum absolute atomic E-state index is 0.126. The fourth-order valence-corrected chi connectivity index (χ4v) is 6.50. The van der Waals surface area contributed by atoms with Crippen LogP contribution in [0.15, 0.2) is 25.3 Å². The lowest BCUT2D eigenvalue weighted by atomic mass is 9.97. The Labute approximate surface area is 201 Å². The second kappa shape index (κ2) is 14.3. The molecule has 34 heavy (non-hydrogen) atoms. The van der Waals surface area contributed by atoms with Gasteiger partial charge in [0.2, 0.25) is 5.91 Å². The summed E-state index contributed by atoms with van der Waals surface area (Å²) in [6.07, 6.45) is -0.980. The second-order valence-corrected chi connectivity index (χ2v) is 11.0. The van der Waals surface area contributed by atoms with Gasteiger partial charge >= 0.3 is 24.7 Å². The molecule has 1 amide bonds. The maximum absolute atomic E-state index is 13.3. The molecule has 1 fully saturated rings. The number of rotatable bonds is 13. The first-order chi connectivity index (χ1) is 15.9. The van der Waals surface area contributed by atoms with Gasteiger partial charge in [0.1, 0.15) is 24.2 Å². The van der Waals surface area contributed by atoms with E-state index < -0.39 is 60.4 Å². The Balaban J connectivity index is 3.46. The molecule has 1 heterocycles. The van der Waals surface area contributed by atoms with Gasteiger partial charge in [-0.1, -0.05) is 12.2 Å². The summed E-state index contributed by atoms with van der Waals surface area (Å²) in [7, 11) is 0. The van der Waals surface area contributed by atoms with Crippen LogP contribution in [0.2, 0.25) is 0 Å². The molecule has 0 aromatic rings. The minimum Gasteiger partial charge on any atom is -0.463 e. The maximum Gasteiger partial charge on any atom is 0.392 e. The lowest BCUT2D eigenvalue weighted by molar-refractivity contribution is -0.211. The number of esters is 3. The van der Waals surface area contributed by atoms with Gasteiger partial charge in [-0.25, -0.2) is 4.57 Å². The van der Waals surface area contributed by atoms with Gasteiger partial charge in [-0.2, -0.15) is 0 Å². The van der Waals surface area contributed by atoms with Crippen molar-refractivity contribution in [2.24, 2.45) is 0 Å². The smallest absolute Gasteiger partial charge is 0.392 e. The predicted molar refractivity (Wildman–Crippen MR) is 122 cm³/mol. The van der Waals surface area contributed by atoms with Crippen LogP contribution in [0.1, 0.15) is 27.7 Å². The number of carbonyl (C=O) groups excluding carboxylic acids is 4. The Morgan fingerprint density at radius 2 is 1.47 bits per heavy atom. The highest BCUT2D eigenvalue weighted by Gasteiger charge is 2.53. The van der Waals surface area contributed by atoms with Crippen LogP contribution in [0.25, 0.3) is 0 Å². The van der Waals surface area contributed by atoms with E-state index in [1.54, 1.807) is 0 Å². The van der Waals surface area contributed by atoms with Gasteiger partial charge in [-0.15, -0.1) is 13.2 Å². The Kier molecular flexibility index (Phi) is 12.5. The van der Waals surface area contributed by atoms with Crippen molar-refractivity contribution >= 4 is 42.0 Å². The Morgan fingerprint density at radius 3 is 1.91 bits per heavy atom. The zero-order valence-corrected chi connectivity index (χ0v) is 21.1. The molecule has 0 spiro atoms. The first kappa shape index (κ1) is 29.9. The summed E-state index contributed by atoms with van der Waals surface area (Å²) in [4.78, 5) is 47.0. The highest BCUT2D eigenvalue weighted by molar-refractivity contribution is 8.55. The van der Waals surface area contributed by atoms with E-state index in [9.17, 15) is 23.7 Å². The minimum atomic E-state index is -3.93. The molecule has 0 radical (unpaired) electrons. The van der Waals surface area contributed by atoms with Crippen molar-refractivity contribution in [2.45, 2.75) is 57.5 Å². The van der Waals surface area contributed by atoms with Crippen molar-refractivity contribution in [3.8, 4) is 0 Å². The molecule has 5 atom stereocenters. The van der Waals surface area contributed by atoms with E-state index in [-0.39, 0.29) is 19.8 Å². The molecular formula is C20H30NO11PS. The van der Waals surface area contributed by atoms with Crippen molar-refractivity contribution in [3.05, 3.63) is 25.3 Å². The molecule has 0 unspecified atom stereocenters. The molecule has 14 heteroatoms. The first-order valence-corrected chi connectivity index (χ1v) is 13.1. The zero-order valence-electron chi connectivity index (χ0n) is 19.4. The molecule has 1 N–H and O–H groups in total. The quantitative estimate of drug-likeness (QED) is 0.162. The highest BCUT2D eigenvalue weighted by Crippen LogP contribution is 2.63. The lowest BCUT2D eigenvalue weighted by Gasteiger charge is -2.45. The maximum atomic E-state index is 13.3. The van der Waals surface area contributed by atoms with E-state index in [0.717, 1.165) is 13.8 Å². The van der Waals surface area contributed by atoms with Gasteiger partial charge in [0, 0.05) is 27.7 Å². The van der Waals surface area contributed by atoms with Crippen molar-refractivity contribution < 1.29 is 51.7 Å². The summed E-state index contributed by atoms with van der Waals surface area (Å²) in [5, 5.41) is 2.58. The molecule has 0 saturated carbocycles. The summed E-state index contributed by atoms with van der Waals surface area (Å²) < 4.78 is 45.7. The van der Waals surface area contributed by atoms with Crippen molar-refractivity contribution in [1.82, 2.24) is 5.32 Å². The third-order valence-corrected chi connectivity index (χ3v) is 7.84. The van der Waals surface area contributed by atoms with Crippen LogP contribution in [0.3, 0.4) is 0 Å². The van der Waals surface area contributed by atoms with Crippen LogP contribution in [0.4, 0.5) is 0 Å². The molecule has 1 rings (SSSR count). The van der Waals surface area contributed by atoms with Crippen LogP contribution < -0.4 is 5.32 Å². The Morgan fingerprint density at radius 1 is 0.941 bits per heavy atom. The van der Waals surface area contributed by atoms with Gasteiger partial charge in [0.15, 0.2) is 12.2 Å². The Bertz CT molecular complexity index is 804. The molecular weight excluding hydrogens is 493 g/mol. The average Bonchev–Trinajstić information content (AvgIpc) is 2.73. The summed E-state index contributed by atoms with van der Waals surface area (Å²) in [6.45, 7) is 7.07. The number of hydrogen-bond acceptors (Lipinski definition) is 12. The van der Waals surface area contributed by atoms with E-state index in [0.29, 0.717) is 11.4 Å². The van der Waals surface area contributed by atoms with Crippen LogP contribution in [0, 0.1) is 0 Å². The molecule has 12 nitrogen and oxygen atoms in total. The molecule has 1 aliphatic heterocycles. The SMILES string of the molecule is C=CCOP(=O)(OCC=C)S[C@H]1O[C@H](COC(C)=O)[C@@H](OC(C)=O)[C@H](OC(C)=O)[C@H]1NC(C)=O. The molecule has 0 bridgehead atoms. The number of hydrogen-bond donors (Lipinski definition) is 1. The van der Waals surface area contributed by atoms with Gasteiger partial charge in [-0.3, -0.25) is 28.2 Å². The number of nitrogens with one attached hydrogen (secondary N) is 1. The lowest BCUT2D eigenvalue weighted by Crippen LogP contribution is -2.65. The summed E-state index contributed by atoms with van der Waals surface area (Å²) in [5.74, 6) is -2.66. The third kappa shape index (κ3) is 9.98. The number of amides is 1. The molecule has 0 aromatic carbocycles. The predicted octanol–water partition coefficient (Wildman–Crippen LogP) is 1.89. The largest absolute Gasteiger partial charge is 0.463 e. The summed E-state index contributed by atoms with van der Waals surface area (Å²) >= 11 is 0.594. The van der Waals surface area contributed by atoms with Gasteiger partial charge in [0.25, 0.3) is 0 Å². The monoisotopic (exact) mass is 523 g/mol. The summed E-state index contributed by atoms with van der Waals surface area (Å²) in [5.41, 5.74) is -1.21. The number of ether oxygens (including phenoxy) is 4. The second-order valence-electron chi connectivity index (χ2n) is 6.94. The standard InChI is InChI=1S/C20H30NO11PS/c1-7-9-28-33(26,29-10-8-2)34-20-17(21-12(3)22)19(31-15(6)25)18(30-14(5)24)16(32-20)11-27-13(4)23/h7-8,16-20H,1-2,9-11H2,3-6H3,(H,21,22)/t16-,17-,18-,19-,20-/m1/s1. The van der Waals surface area contributed by atoms with Crippen LogP contribution in [-0.4, -0.2) is 73.4 Å². The van der Waals surface area contributed by atoms with Crippen molar-refractivity contribution in [2.75, 3.05) is 19.8 Å². The van der Waals surface area contributed by atoms with Crippen LogP contribution in [0.5, 0.6) is 0 Å².